The third-order valence-electron chi connectivity index (χ3n) is 7.39. The molecule has 2 aliphatic rings. The molecular formula is C29H33F3N4O4. The van der Waals surface area contributed by atoms with E-state index in [4.69, 9.17) is 0 Å². The van der Waals surface area contributed by atoms with Gasteiger partial charge in [0.25, 0.3) is 11.8 Å². The molecule has 0 radical (unpaired) electrons. The van der Waals surface area contributed by atoms with E-state index in [-0.39, 0.29) is 25.4 Å². The second-order valence-corrected chi connectivity index (χ2v) is 10.9. The third kappa shape index (κ3) is 5.83. The molecule has 1 N–H and O–H groups in total. The summed E-state index contributed by atoms with van der Waals surface area (Å²) in [5.41, 5.74) is -0.312. The molecule has 0 saturated carbocycles. The first-order chi connectivity index (χ1) is 18.8. The van der Waals surface area contributed by atoms with Crippen LogP contribution in [0.15, 0.2) is 48.5 Å². The molecule has 0 spiro atoms. The Bertz CT molecular complexity index is 1290. The average molecular weight is 559 g/mol. The van der Waals surface area contributed by atoms with Crippen LogP contribution >= 0.6 is 0 Å². The van der Waals surface area contributed by atoms with E-state index in [1.807, 2.05) is 32.8 Å². The number of likely N-dealkylation sites (tertiary alicyclic amines) is 2. The lowest BCUT2D eigenvalue weighted by molar-refractivity contribution is -0.138. The van der Waals surface area contributed by atoms with Gasteiger partial charge in [0.1, 0.15) is 12.1 Å². The number of hydrogen-bond acceptors (Lipinski definition) is 5. The molecule has 0 aromatic heterocycles. The van der Waals surface area contributed by atoms with Gasteiger partial charge in [-0.1, -0.05) is 26.0 Å². The van der Waals surface area contributed by atoms with E-state index in [1.165, 1.54) is 17.0 Å². The lowest BCUT2D eigenvalue weighted by Gasteiger charge is -2.29. The smallest absolute Gasteiger partial charge is 0.378 e. The fourth-order valence-electron chi connectivity index (χ4n) is 5.46. The molecule has 2 unspecified atom stereocenters. The van der Waals surface area contributed by atoms with E-state index < -0.39 is 58.9 Å². The molecule has 0 bridgehead atoms. The van der Waals surface area contributed by atoms with Gasteiger partial charge in [-0.3, -0.25) is 19.2 Å². The Morgan fingerprint density at radius 2 is 1.68 bits per heavy atom. The number of alkyl halides is 3. The Morgan fingerprint density at radius 3 is 2.27 bits per heavy atom. The first kappa shape index (κ1) is 29.1. The summed E-state index contributed by atoms with van der Waals surface area (Å²) in [4.78, 5) is 57.5. The van der Waals surface area contributed by atoms with E-state index in [9.17, 15) is 32.3 Å². The average Bonchev–Trinajstić information content (AvgIpc) is 3.48. The van der Waals surface area contributed by atoms with Gasteiger partial charge < -0.3 is 20.0 Å². The number of carbonyl (C=O) groups is 4. The summed E-state index contributed by atoms with van der Waals surface area (Å²) in [6, 6.07) is 8.76. The number of benzene rings is 2. The summed E-state index contributed by atoms with van der Waals surface area (Å²) >= 11 is 0. The number of ketones is 1. The molecule has 2 heterocycles. The van der Waals surface area contributed by atoms with Gasteiger partial charge in [0.05, 0.1) is 23.7 Å². The highest BCUT2D eigenvalue weighted by molar-refractivity contribution is 6.04. The quantitative estimate of drug-likeness (QED) is 0.561. The first-order valence-corrected chi connectivity index (χ1v) is 13.2. The molecule has 2 fully saturated rings. The molecule has 214 valence electrons. The van der Waals surface area contributed by atoms with Crippen LogP contribution in [0.25, 0.3) is 0 Å². The molecule has 2 aromatic carbocycles. The summed E-state index contributed by atoms with van der Waals surface area (Å²) in [5, 5.41) is 2.81. The van der Waals surface area contributed by atoms with Gasteiger partial charge in [-0.15, -0.1) is 0 Å². The van der Waals surface area contributed by atoms with Gasteiger partial charge in [-0.25, -0.2) is 0 Å². The van der Waals surface area contributed by atoms with Crippen LogP contribution in [0.4, 0.5) is 18.9 Å². The molecule has 3 amide bonds. The van der Waals surface area contributed by atoms with Gasteiger partial charge >= 0.3 is 6.18 Å². The van der Waals surface area contributed by atoms with E-state index in [1.54, 1.807) is 24.3 Å². The molecule has 40 heavy (non-hydrogen) atoms. The largest absolute Gasteiger partial charge is 0.417 e. The van der Waals surface area contributed by atoms with Crippen molar-refractivity contribution in [3.8, 4) is 0 Å². The number of halogens is 3. The fraction of sp³-hybridized carbons (Fsp3) is 0.448. The molecule has 0 aliphatic carbocycles. The maximum Gasteiger partial charge on any atom is 0.417 e. The molecule has 2 saturated heterocycles. The molecule has 2 aliphatic heterocycles. The van der Waals surface area contributed by atoms with Crippen LogP contribution in [0.1, 0.15) is 53.0 Å². The first-order valence-electron chi connectivity index (χ1n) is 13.2. The lowest BCUT2D eigenvalue weighted by Crippen LogP contribution is -2.53. The lowest BCUT2D eigenvalue weighted by atomic mass is 10.0. The van der Waals surface area contributed by atoms with Gasteiger partial charge in [0, 0.05) is 31.9 Å². The van der Waals surface area contributed by atoms with E-state index in [0.717, 1.165) is 22.7 Å². The van der Waals surface area contributed by atoms with Crippen molar-refractivity contribution < 1.29 is 32.3 Å². The number of Topliss-reactive ketones (excluding diaryl/α,β-unsaturated/α-hetero) is 1. The Hall–Kier alpha value is -3.89. The minimum absolute atomic E-state index is 0.0417. The minimum atomic E-state index is -4.73. The van der Waals surface area contributed by atoms with Crippen molar-refractivity contribution in [2.75, 3.05) is 32.1 Å². The van der Waals surface area contributed by atoms with Gasteiger partial charge in [-0.05, 0) is 55.2 Å². The summed E-state index contributed by atoms with van der Waals surface area (Å²) < 4.78 is 40.7. The predicted octanol–water partition coefficient (Wildman–Crippen LogP) is 3.61. The predicted molar refractivity (Wildman–Crippen MR) is 143 cm³/mol. The number of fused-ring (bicyclic) bond motifs is 1. The number of hydrogen-bond donors (Lipinski definition) is 1. The standard InChI is InChI=1S/C29H33F3N4O4/c1-17(2)15-22(33-26(38)18-9-11-19(12-10-18)34(3)4)28(40)35-14-13-23-25(35)24(37)16-36(23)27(39)20-7-5-6-8-21(20)29(30,31)32/h5-12,17,22-23,25H,13-16H2,1-4H3,(H,33,38)/t22-,23?,25?/m0/s1. The second-order valence-electron chi connectivity index (χ2n) is 10.9. The molecule has 11 heteroatoms. The van der Waals surface area contributed by atoms with Crippen molar-refractivity contribution in [2.24, 2.45) is 5.92 Å². The summed E-state index contributed by atoms with van der Waals surface area (Å²) in [6.07, 6.45) is -4.16. The topological polar surface area (TPSA) is 90.0 Å². The Labute approximate surface area is 231 Å². The van der Waals surface area contributed by atoms with Crippen LogP contribution < -0.4 is 10.2 Å². The SMILES string of the molecule is CC(C)C[C@H](NC(=O)c1ccc(N(C)C)cc1)C(=O)N1CCC2C1C(=O)CN2C(=O)c1ccccc1C(F)(F)F. The third-order valence-corrected chi connectivity index (χ3v) is 7.39. The number of amides is 3. The highest BCUT2D eigenvalue weighted by Gasteiger charge is 2.53. The maximum atomic E-state index is 13.7. The Balaban J connectivity index is 1.53. The Morgan fingerprint density at radius 1 is 1.02 bits per heavy atom. The van der Waals surface area contributed by atoms with Crippen molar-refractivity contribution in [3.05, 3.63) is 65.2 Å². The molecule has 4 rings (SSSR count). The van der Waals surface area contributed by atoms with Gasteiger partial charge in [-0.2, -0.15) is 13.2 Å². The van der Waals surface area contributed by atoms with Crippen molar-refractivity contribution in [3.63, 3.8) is 0 Å². The van der Waals surface area contributed by atoms with Gasteiger partial charge in [0.2, 0.25) is 5.91 Å². The highest BCUT2D eigenvalue weighted by Crippen LogP contribution is 2.36. The van der Waals surface area contributed by atoms with Crippen LogP contribution in [0.5, 0.6) is 0 Å². The fourth-order valence-corrected chi connectivity index (χ4v) is 5.46. The zero-order chi connectivity index (χ0) is 29.4. The monoisotopic (exact) mass is 558 g/mol. The van der Waals surface area contributed by atoms with Crippen molar-refractivity contribution in [1.29, 1.82) is 0 Å². The van der Waals surface area contributed by atoms with E-state index in [0.29, 0.717) is 12.0 Å². The normalized spacial score (nSPS) is 19.6. The van der Waals surface area contributed by atoms with Crippen molar-refractivity contribution in [2.45, 2.75) is 51.0 Å². The van der Waals surface area contributed by atoms with Crippen LogP contribution in [0, 0.1) is 5.92 Å². The van der Waals surface area contributed by atoms with E-state index >= 15 is 0 Å². The summed E-state index contributed by atoms with van der Waals surface area (Å²) in [7, 11) is 3.76. The minimum Gasteiger partial charge on any atom is -0.378 e. The zero-order valence-corrected chi connectivity index (χ0v) is 22.9. The number of nitrogens with one attached hydrogen (secondary N) is 1. The van der Waals surface area contributed by atoms with E-state index in [2.05, 4.69) is 5.32 Å². The number of rotatable bonds is 7. The van der Waals surface area contributed by atoms with Crippen LogP contribution in [0.3, 0.4) is 0 Å². The Kier molecular flexibility index (Phi) is 8.23. The second kappa shape index (κ2) is 11.3. The van der Waals surface area contributed by atoms with Crippen molar-refractivity contribution in [1.82, 2.24) is 15.1 Å². The maximum absolute atomic E-state index is 13.7. The van der Waals surface area contributed by atoms with Crippen molar-refractivity contribution >= 4 is 29.2 Å². The van der Waals surface area contributed by atoms with Crippen LogP contribution in [0.2, 0.25) is 0 Å². The van der Waals surface area contributed by atoms with Crippen LogP contribution in [-0.4, -0.2) is 78.6 Å². The molecule has 8 nitrogen and oxygen atoms in total. The molecular weight excluding hydrogens is 525 g/mol. The molecule has 2 aromatic rings. The zero-order valence-electron chi connectivity index (χ0n) is 22.9. The molecule has 3 atom stereocenters. The van der Waals surface area contributed by atoms with Crippen LogP contribution in [-0.2, 0) is 15.8 Å². The number of nitrogens with zero attached hydrogens (tertiary/aromatic N) is 3. The van der Waals surface area contributed by atoms with Gasteiger partial charge in [0.15, 0.2) is 5.78 Å². The summed E-state index contributed by atoms with van der Waals surface area (Å²) in [6.45, 7) is 3.57. The highest BCUT2D eigenvalue weighted by atomic mass is 19.4. The number of anilines is 1. The summed E-state index contributed by atoms with van der Waals surface area (Å²) in [5.74, 6) is -2.14. The number of carbonyl (C=O) groups excluding carboxylic acids is 4.